The number of carboxylic acid groups (broad SMARTS) is 1. The normalized spacial score (nSPS) is 13.4. The molecule has 3 nitrogen and oxygen atoms in total. The van der Waals surface area contributed by atoms with Crippen molar-refractivity contribution in [1.82, 2.24) is 0 Å². The smallest absolute Gasteiger partial charge is 0.321 e. The predicted octanol–water partition coefficient (Wildman–Crippen LogP) is 2.59. The molecular formula is C11H12ClFO3S. The minimum atomic E-state index is -1.73. The molecule has 94 valence electrons. The molecule has 1 unspecified atom stereocenters. The fraction of sp³-hybridized carbons (Fsp3) is 0.364. The highest BCUT2D eigenvalue weighted by molar-refractivity contribution is 7.86. The molecule has 0 spiro atoms. The minimum Gasteiger partial charge on any atom is -0.480 e. The number of rotatable bonds is 4. The Hall–Kier alpha value is -0.940. The highest BCUT2D eigenvalue weighted by Gasteiger charge is 2.34. The largest absolute Gasteiger partial charge is 0.480 e. The molecule has 6 heteroatoms. The highest BCUT2D eigenvalue weighted by atomic mass is 35.5. The van der Waals surface area contributed by atoms with Crippen molar-refractivity contribution >= 4 is 28.4 Å². The van der Waals surface area contributed by atoms with Crippen LogP contribution in [0.4, 0.5) is 4.39 Å². The molecule has 0 aliphatic carbocycles. The number of benzene rings is 1. The van der Waals surface area contributed by atoms with E-state index in [0.717, 1.165) is 0 Å². The Morgan fingerprint density at radius 1 is 1.53 bits per heavy atom. The summed E-state index contributed by atoms with van der Waals surface area (Å²) in [6, 6.07) is 4.36. The van der Waals surface area contributed by atoms with Crippen molar-refractivity contribution in [2.45, 2.75) is 24.3 Å². The van der Waals surface area contributed by atoms with Crippen molar-refractivity contribution < 1.29 is 18.5 Å². The number of carbonyl (C=O) groups is 1. The van der Waals surface area contributed by atoms with E-state index >= 15 is 0 Å². The summed E-state index contributed by atoms with van der Waals surface area (Å²) in [6.45, 7) is 2.68. The summed E-state index contributed by atoms with van der Waals surface area (Å²) >= 11 is 5.58. The van der Waals surface area contributed by atoms with Gasteiger partial charge in [0.25, 0.3) is 0 Å². The third-order valence-electron chi connectivity index (χ3n) is 2.40. The van der Waals surface area contributed by atoms with Gasteiger partial charge in [0, 0.05) is 16.4 Å². The molecule has 0 saturated heterocycles. The first-order chi connectivity index (χ1) is 7.76. The van der Waals surface area contributed by atoms with Crippen molar-refractivity contribution in [3.63, 3.8) is 0 Å². The van der Waals surface area contributed by atoms with Crippen LogP contribution in [0.2, 0.25) is 5.02 Å². The third kappa shape index (κ3) is 3.04. The molecule has 0 amide bonds. The minimum absolute atomic E-state index is 0.0624. The summed E-state index contributed by atoms with van der Waals surface area (Å²) in [5, 5.41) is 8.84. The van der Waals surface area contributed by atoms with Gasteiger partial charge < -0.3 is 5.11 Å². The van der Waals surface area contributed by atoms with E-state index in [1.807, 2.05) is 0 Å². The third-order valence-corrected chi connectivity index (χ3v) is 4.58. The van der Waals surface area contributed by atoms with E-state index < -0.39 is 27.3 Å². The summed E-state index contributed by atoms with van der Waals surface area (Å²) in [6.07, 6.45) is 0. The molecule has 0 aliphatic rings. The van der Waals surface area contributed by atoms with E-state index in [2.05, 4.69) is 0 Å². The Morgan fingerprint density at radius 2 is 2.12 bits per heavy atom. The van der Waals surface area contributed by atoms with E-state index in [1.165, 1.54) is 32.0 Å². The Kier molecular flexibility index (Phi) is 4.27. The van der Waals surface area contributed by atoms with Crippen LogP contribution >= 0.6 is 11.6 Å². The molecule has 0 saturated carbocycles. The van der Waals surface area contributed by atoms with Gasteiger partial charge >= 0.3 is 5.97 Å². The molecule has 1 atom stereocenters. The van der Waals surface area contributed by atoms with E-state index in [-0.39, 0.29) is 16.3 Å². The van der Waals surface area contributed by atoms with E-state index in [4.69, 9.17) is 16.7 Å². The Balaban J connectivity index is 2.97. The van der Waals surface area contributed by atoms with Crippen molar-refractivity contribution in [2.75, 3.05) is 0 Å². The van der Waals surface area contributed by atoms with Gasteiger partial charge in [0.05, 0.1) is 10.8 Å². The average molecular weight is 279 g/mol. The van der Waals surface area contributed by atoms with Crippen LogP contribution in [0.1, 0.15) is 19.4 Å². The zero-order valence-electron chi connectivity index (χ0n) is 9.37. The van der Waals surface area contributed by atoms with Crippen LogP contribution in [0, 0.1) is 5.82 Å². The molecular weight excluding hydrogens is 267 g/mol. The SMILES string of the molecule is CC(C)(C(=O)O)S(=O)Cc1cccc(Cl)c1F. The van der Waals surface area contributed by atoms with Crippen LogP contribution in [0.25, 0.3) is 0 Å². The maximum atomic E-state index is 13.5. The fourth-order valence-corrected chi connectivity index (χ4v) is 2.33. The zero-order valence-corrected chi connectivity index (χ0v) is 10.9. The molecule has 1 N–H and O–H groups in total. The lowest BCUT2D eigenvalue weighted by molar-refractivity contribution is -0.139. The fourth-order valence-electron chi connectivity index (χ4n) is 1.08. The molecule has 0 bridgehead atoms. The summed E-state index contributed by atoms with van der Waals surface area (Å²) in [5.41, 5.74) is 0.158. The second-order valence-electron chi connectivity index (χ2n) is 4.02. The molecule has 1 rings (SSSR count). The number of halogens is 2. The molecule has 0 radical (unpaired) electrons. The standard InChI is InChI=1S/C11H12ClFO3S/c1-11(2,10(14)15)17(16)6-7-4-3-5-8(12)9(7)13/h3-5H,6H2,1-2H3,(H,14,15). The lowest BCUT2D eigenvalue weighted by Gasteiger charge is -2.18. The van der Waals surface area contributed by atoms with Crippen LogP contribution in [0.5, 0.6) is 0 Å². The number of carboxylic acids is 1. The monoisotopic (exact) mass is 278 g/mol. The Bertz CT molecular complexity index is 474. The quantitative estimate of drug-likeness (QED) is 0.921. The molecule has 0 aliphatic heterocycles. The van der Waals surface area contributed by atoms with Crippen molar-refractivity contribution in [3.05, 3.63) is 34.6 Å². The van der Waals surface area contributed by atoms with Gasteiger partial charge in [-0.15, -0.1) is 0 Å². The zero-order chi connectivity index (χ0) is 13.2. The van der Waals surface area contributed by atoms with Crippen LogP contribution in [-0.2, 0) is 21.3 Å². The average Bonchev–Trinajstić information content (AvgIpc) is 2.24. The van der Waals surface area contributed by atoms with Gasteiger partial charge in [0.2, 0.25) is 0 Å². The Labute approximate surface area is 106 Å². The van der Waals surface area contributed by atoms with Gasteiger partial charge in [0.15, 0.2) is 0 Å². The topological polar surface area (TPSA) is 54.4 Å². The van der Waals surface area contributed by atoms with Crippen molar-refractivity contribution in [2.24, 2.45) is 0 Å². The van der Waals surface area contributed by atoms with Gasteiger partial charge in [0.1, 0.15) is 10.6 Å². The van der Waals surface area contributed by atoms with Gasteiger partial charge in [-0.1, -0.05) is 23.7 Å². The van der Waals surface area contributed by atoms with Crippen molar-refractivity contribution in [1.29, 1.82) is 0 Å². The first kappa shape index (κ1) is 14.1. The number of aliphatic carboxylic acids is 1. The lowest BCUT2D eigenvalue weighted by Crippen LogP contribution is -2.37. The van der Waals surface area contributed by atoms with Gasteiger partial charge in [-0.3, -0.25) is 9.00 Å². The molecule has 0 fully saturated rings. The summed E-state index contributed by atoms with van der Waals surface area (Å²) in [4.78, 5) is 10.9. The molecule has 0 aromatic heterocycles. The van der Waals surface area contributed by atoms with Crippen LogP contribution in [0.3, 0.4) is 0 Å². The molecule has 0 heterocycles. The summed E-state index contributed by atoms with van der Waals surface area (Å²) < 4.78 is 24.0. The lowest BCUT2D eigenvalue weighted by atomic mass is 10.2. The van der Waals surface area contributed by atoms with E-state index in [1.54, 1.807) is 0 Å². The first-order valence-corrected chi connectivity index (χ1v) is 6.51. The Morgan fingerprint density at radius 3 is 2.65 bits per heavy atom. The second-order valence-corrected chi connectivity index (χ2v) is 6.43. The predicted molar refractivity (Wildman–Crippen MR) is 65.0 cm³/mol. The highest BCUT2D eigenvalue weighted by Crippen LogP contribution is 2.23. The molecule has 1 aromatic carbocycles. The van der Waals surface area contributed by atoms with E-state index in [0.29, 0.717) is 0 Å². The van der Waals surface area contributed by atoms with Crippen LogP contribution in [-0.4, -0.2) is 20.0 Å². The van der Waals surface area contributed by atoms with Gasteiger partial charge in [-0.05, 0) is 19.9 Å². The molecule has 17 heavy (non-hydrogen) atoms. The first-order valence-electron chi connectivity index (χ1n) is 4.81. The summed E-state index contributed by atoms with van der Waals surface area (Å²) in [7, 11) is -1.73. The summed E-state index contributed by atoms with van der Waals surface area (Å²) in [5.74, 6) is -2.01. The maximum Gasteiger partial charge on any atom is 0.321 e. The molecule has 1 aromatic rings. The maximum absolute atomic E-state index is 13.5. The number of hydrogen-bond acceptors (Lipinski definition) is 2. The van der Waals surface area contributed by atoms with Crippen molar-refractivity contribution in [3.8, 4) is 0 Å². The van der Waals surface area contributed by atoms with Crippen LogP contribution < -0.4 is 0 Å². The second kappa shape index (κ2) is 5.14. The van der Waals surface area contributed by atoms with Gasteiger partial charge in [-0.2, -0.15) is 0 Å². The van der Waals surface area contributed by atoms with E-state index in [9.17, 15) is 13.4 Å². The van der Waals surface area contributed by atoms with Crippen LogP contribution in [0.15, 0.2) is 18.2 Å². The van der Waals surface area contributed by atoms with Gasteiger partial charge in [-0.25, -0.2) is 4.39 Å². The number of hydrogen-bond donors (Lipinski definition) is 1.